The Bertz CT molecular complexity index is 654. The molecule has 0 radical (unpaired) electrons. The number of rotatable bonds is 1. The van der Waals surface area contributed by atoms with E-state index in [1.807, 2.05) is 18.2 Å². The lowest BCUT2D eigenvalue weighted by atomic mass is 10.1. The van der Waals surface area contributed by atoms with Gasteiger partial charge in [-0.3, -0.25) is 0 Å². The van der Waals surface area contributed by atoms with Crippen molar-refractivity contribution < 1.29 is 8.94 Å². The highest BCUT2D eigenvalue weighted by Gasteiger charge is 2.12. The number of hydrogen-bond donors (Lipinski definition) is 1. The van der Waals surface area contributed by atoms with Gasteiger partial charge in [0, 0.05) is 18.6 Å². The Kier molecular flexibility index (Phi) is 1.73. The SMILES string of the molecule is Cc1nc2cccc(-c3cc(N)on3)c2o1. The number of anilines is 1. The minimum absolute atomic E-state index is 0.281. The predicted octanol–water partition coefficient (Wildman–Crippen LogP) is 2.37. The summed E-state index contributed by atoms with van der Waals surface area (Å²) < 4.78 is 10.4. The van der Waals surface area contributed by atoms with Crippen LogP contribution in [-0.2, 0) is 0 Å². The molecule has 2 heterocycles. The molecule has 3 rings (SSSR count). The Morgan fingerprint density at radius 2 is 2.19 bits per heavy atom. The Hall–Kier alpha value is -2.30. The maximum Gasteiger partial charge on any atom is 0.222 e. The second kappa shape index (κ2) is 3.10. The number of benzene rings is 1. The monoisotopic (exact) mass is 215 g/mol. The lowest BCUT2D eigenvalue weighted by Crippen LogP contribution is -1.78. The van der Waals surface area contributed by atoms with E-state index in [2.05, 4.69) is 10.1 Å². The summed E-state index contributed by atoms with van der Waals surface area (Å²) in [5, 5.41) is 3.86. The molecule has 16 heavy (non-hydrogen) atoms. The van der Waals surface area contributed by atoms with E-state index < -0.39 is 0 Å². The van der Waals surface area contributed by atoms with Gasteiger partial charge >= 0.3 is 0 Å². The van der Waals surface area contributed by atoms with Crippen molar-refractivity contribution in [2.75, 3.05) is 5.73 Å². The molecule has 0 saturated carbocycles. The number of para-hydroxylation sites is 1. The summed E-state index contributed by atoms with van der Waals surface area (Å²) in [6.07, 6.45) is 0. The standard InChI is InChI=1S/C11H9N3O2/c1-6-13-8-4-2-3-7(11(8)15-6)9-5-10(12)16-14-9/h2-5H,12H2,1H3. The number of nitrogens with two attached hydrogens (primary N) is 1. The van der Waals surface area contributed by atoms with Crippen LogP contribution in [0, 0.1) is 6.92 Å². The van der Waals surface area contributed by atoms with E-state index in [-0.39, 0.29) is 5.88 Å². The molecule has 0 saturated heterocycles. The fraction of sp³-hybridized carbons (Fsp3) is 0.0909. The summed E-state index contributed by atoms with van der Waals surface area (Å²) in [5.74, 6) is 0.905. The Balaban J connectivity index is 2.30. The van der Waals surface area contributed by atoms with Gasteiger partial charge in [0.05, 0.1) is 0 Å². The third-order valence-electron chi connectivity index (χ3n) is 2.33. The molecule has 0 atom stereocenters. The van der Waals surface area contributed by atoms with Crippen molar-refractivity contribution in [1.29, 1.82) is 0 Å². The van der Waals surface area contributed by atoms with Gasteiger partial charge in [-0.1, -0.05) is 11.2 Å². The molecule has 0 aliphatic rings. The number of aryl methyl sites for hydroxylation is 1. The first kappa shape index (κ1) is 8.96. The molecule has 1 aromatic carbocycles. The second-order valence-electron chi connectivity index (χ2n) is 3.50. The fourth-order valence-electron chi connectivity index (χ4n) is 1.68. The van der Waals surface area contributed by atoms with Crippen molar-refractivity contribution in [3.05, 3.63) is 30.2 Å². The maximum atomic E-state index is 5.53. The molecule has 0 fully saturated rings. The quantitative estimate of drug-likeness (QED) is 0.674. The summed E-state index contributed by atoms with van der Waals surface area (Å²) in [7, 11) is 0. The summed E-state index contributed by atoms with van der Waals surface area (Å²) >= 11 is 0. The summed E-state index contributed by atoms with van der Waals surface area (Å²) in [6.45, 7) is 1.81. The smallest absolute Gasteiger partial charge is 0.222 e. The molecule has 2 aromatic heterocycles. The zero-order valence-corrected chi connectivity index (χ0v) is 8.60. The third kappa shape index (κ3) is 1.25. The van der Waals surface area contributed by atoms with E-state index in [1.165, 1.54) is 0 Å². The van der Waals surface area contributed by atoms with Crippen LogP contribution in [0.4, 0.5) is 5.88 Å². The average molecular weight is 215 g/mol. The van der Waals surface area contributed by atoms with Crippen molar-refractivity contribution in [1.82, 2.24) is 10.1 Å². The van der Waals surface area contributed by atoms with E-state index >= 15 is 0 Å². The van der Waals surface area contributed by atoms with Gasteiger partial charge in [-0.05, 0) is 12.1 Å². The molecular weight excluding hydrogens is 206 g/mol. The zero-order chi connectivity index (χ0) is 11.1. The highest BCUT2D eigenvalue weighted by molar-refractivity contribution is 5.89. The van der Waals surface area contributed by atoms with Gasteiger partial charge in [0.1, 0.15) is 11.2 Å². The molecule has 0 amide bonds. The van der Waals surface area contributed by atoms with E-state index in [0.29, 0.717) is 17.2 Å². The molecule has 5 nitrogen and oxygen atoms in total. The van der Waals surface area contributed by atoms with Crippen LogP contribution in [0.1, 0.15) is 5.89 Å². The summed E-state index contributed by atoms with van der Waals surface area (Å²) in [5.41, 5.74) is 8.48. The largest absolute Gasteiger partial charge is 0.440 e. The van der Waals surface area contributed by atoms with Gasteiger partial charge in [0.25, 0.3) is 0 Å². The van der Waals surface area contributed by atoms with Crippen LogP contribution in [0.3, 0.4) is 0 Å². The normalized spacial score (nSPS) is 11.1. The first-order valence-electron chi connectivity index (χ1n) is 4.83. The van der Waals surface area contributed by atoms with Gasteiger partial charge in [-0.15, -0.1) is 0 Å². The van der Waals surface area contributed by atoms with Crippen LogP contribution >= 0.6 is 0 Å². The van der Waals surface area contributed by atoms with Crippen molar-refractivity contribution in [3.63, 3.8) is 0 Å². The van der Waals surface area contributed by atoms with Crippen LogP contribution in [0.2, 0.25) is 0 Å². The number of nitrogens with zero attached hydrogens (tertiary/aromatic N) is 2. The Morgan fingerprint density at radius 1 is 1.31 bits per heavy atom. The molecule has 3 aromatic rings. The van der Waals surface area contributed by atoms with E-state index in [0.717, 1.165) is 11.1 Å². The Labute approximate surface area is 90.9 Å². The summed E-state index contributed by atoms with van der Waals surface area (Å²) in [6, 6.07) is 7.33. The summed E-state index contributed by atoms with van der Waals surface area (Å²) in [4.78, 5) is 4.25. The van der Waals surface area contributed by atoms with Gasteiger partial charge in [0.15, 0.2) is 11.5 Å². The number of hydrogen-bond acceptors (Lipinski definition) is 5. The van der Waals surface area contributed by atoms with E-state index in [1.54, 1.807) is 13.0 Å². The Morgan fingerprint density at radius 3 is 2.94 bits per heavy atom. The lowest BCUT2D eigenvalue weighted by Gasteiger charge is -1.94. The van der Waals surface area contributed by atoms with Gasteiger partial charge < -0.3 is 14.7 Å². The minimum Gasteiger partial charge on any atom is -0.440 e. The second-order valence-corrected chi connectivity index (χ2v) is 3.50. The van der Waals surface area contributed by atoms with Gasteiger partial charge in [0.2, 0.25) is 5.88 Å². The molecular formula is C11H9N3O2. The lowest BCUT2D eigenvalue weighted by molar-refractivity contribution is 0.439. The van der Waals surface area contributed by atoms with Crippen LogP contribution in [0.15, 0.2) is 33.2 Å². The first-order valence-corrected chi connectivity index (χ1v) is 4.83. The number of aromatic nitrogens is 2. The topological polar surface area (TPSA) is 78.1 Å². The molecule has 0 bridgehead atoms. The van der Waals surface area contributed by atoms with Crippen LogP contribution in [0.5, 0.6) is 0 Å². The zero-order valence-electron chi connectivity index (χ0n) is 8.60. The molecule has 0 aliphatic heterocycles. The minimum atomic E-state index is 0.281. The molecule has 5 heteroatoms. The van der Waals surface area contributed by atoms with Crippen LogP contribution in [0.25, 0.3) is 22.4 Å². The fourth-order valence-corrected chi connectivity index (χ4v) is 1.68. The first-order chi connectivity index (χ1) is 7.74. The predicted molar refractivity (Wildman–Crippen MR) is 58.7 cm³/mol. The van der Waals surface area contributed by atoms with Crippen molar-refractivity contribution in [2.24, 2.45) is 0 Å². The van der Waals surface area contributed by atoms with Crippen LogP contribution < -0.4 is 5.73 Å². The van der Waals surface area contributed by atoms with E-state index in [4.69, 9.17) is 14.7 Å². The molecule has 80 valence electrons. The molecule has 0 unspecified atom stereocenters. The van der Waals surface area contributed by atoms with Gasteiger partial charge in [-0.25, -0.2) is 4.98 Å². The molecule has 2 N–H and O–H groups in total. The van der Waals surface area contributed by atoms with E-state index in [9.17, 15) is 0 Å². The number of oxazole rings is 1. The maximum absolute atomic E-state index is 5.53. The number of fused-ring (bicyclic) bond motifs is 1. The molecule has 0 aliphatic carbocycles. The van der Waals surface area contributed by atoms with Crippen LogP contribution in [-0.4, -0.2) is 10.1 Å². The average Bonchev–Trinajstić information content (AvgIpc) is 2.82. The highest BCUT2D eigenvalue weighted by atomic mass is 16.5. The van der Waals surface area contributed by atoms with Gasteiger partial charge in [-0.2, -0.15) is 0 Å². The molecule has 0 spiro atoms. The third-order valence-corrected chi connectivity index (χ3v) is 2.33. The van der Waals surface area contributed by atoms with Crippen molar-refractivity contribution in [2.45, 2.75) is 6.92 Å². The van der Waals surface area contributed by atoms with Crippen molar-refractivity contribution in [3.8, 4) is 11.3 Å². The highest BCUT2D eigenvalue weighted by Crippen LogP contribution is 2.29. The number of nitrogen functional groups attached to an aromatic ring is 1. The van der Waals surface area contributed by atoms with Crippen molar-refractivity contribution >= 4 is 17.0 Å².